The van der Waals surface area contributed by atoms with Crippen LogP contribution in [0.2, 0.25) is 0 Å². The van der Waals surface area contributed by atoms with Crippen molar-refractivity contribution in [1.29, 1.82) is 0 Å². The predicted octanol–water partition coefficient (Wildman–Crippen LogP) is 0.0209. The smallest absolute Gasteiger partial charge is 0.326 e. The van der Waals surface area contributed by atoms with Gasteiger partial charge in [0.1, 0.15) is 11.9 Å². The van der Waals surface area contributed by atoms with E-state index in [0.29, 0.717) is 36.3 Å². The fraction of sp³-hybridized carbons (Fsp3) is 0.381. The third-order valence-corrected chi connectivity index (χ3v) is 6.00. The number of nitrogens with zero attached hydrogens (tertiary/aromatic N) is 1. The molecule has 0 saturated carbocycles. The van der Waals surface area contributed by atoms with Gasteiger partial charge in [-0.15, -0.1) is 0 Å². The number of aromatic amines is 1. The number of hydrogen-bond acceptors (Lipinski definition) is 8. The highest BCUT2D eigenvalue weighted by Crippen LogP contribution is 2.33. The standard InChI is InChI=1S/C21H24N6O6/c22-21-26-17-12(19(31)27-21)6-11(8-23-17)15-7-10-5-9(1-2-13(10)24-15)18(30)25-14(20(32)33)3-4-16(28)29/h1-2,5,11,14-15,24H,3-4,6-8H2,(H,25,30)(H,28,29)(H,32,33)(H4,22,23,26,27,31)/t11?,14-,15?/m0/s1. The van der Waals surface area contributed by atoms with Crippen molar-refractivity contribution < 1.29 is 24.6 Å². The summed E-state index contributed by atoms with van der Waals surface area (Å²) >= 11 is 0. The van der Waals surface area contributed by atoms with E-state index in [0.717, 1.165) is 11.3 Å². The Morgan fingerprint density at radius 3 is 2.76 bits per heavy atom. The lowest BCUT2D eigenvalue weighted by molar-refractivity contribution is -0.140. The molecule has 12 heteroatoms. The first-order valence-corrected chi connectivity index (χ1v) is 10.5. The van der Waals surface area contributed by atoms with E-state index in [2.05, 4.69) is 25.9 Å². The molecule has 2 aliphatic heterocycles. The number of benzene rings is 1. The second-order valence-corrected chi connectivity index (χ2v) is 8.25. The highest BCUT2D eigenvalue weighted by Gasteiger charge is 2.33. The van der Waals surface area contributed by atoms with Crippen LogP contribution in [-0.4, -0.2) is 56.7 Å². The largest absolute Gasteiger partial charge is 0.481 e. The first-order valence-electron chi connectivity index (χ1n) is 10.5. The van der Waals surface area contributed by atoms with E-state index in [1.165, 1.54) is 0 Å². The molecule has 12 nitrogen and oxygen atoms in total. The summed E-state index contributed by atoms with van der Waals surface area (Å²) < 4.78 is 0. The zero-order chi connectivity index (χ0) is 23.7. The number of H-pyrrole nitrogens is 1. The molecular weight excluding hydrogens is 432 g/mol. The Bertz CT molecular complexity index is 1180. The van der Waals surface area contributed by atoms with Gasteiger partial charge in [0, 0.05) is 36.2 Å². The average Bonchev–Trinajstić information content (AvgIpc) is 3.19. The minimum atomic E-state index is -1.29. The fourth-order valence-electron chi connectivity index (χ4n) is 4.28. The van der Waals surface area contributed by atoms with Crippen molar-refractivity contribution in [3.63, 3.8) is 0 Å². The number of carbonyl (C=O) groups excluding carboxylic acids is 1. The van der Waals surface area contributed by atoms with Crippen LogP contribution in [0.15, 0.2) is 23.0 Å². The molecule has 1 aromatic heterocycles. The number of rotatable bonds is 7. The molecular formula is C21H24N6O6. The number of carbonyl (C=O) groups is 3. The minimum Gasteiger partial charge on any atom is -0.481 e. The van der Waals surface area contributed by atoms with Crippen LogP contribution < -0.4 is 27.2 Å². The molecule has 4 rings (SSSR count). The quantitative estimate of drug-likeness (QED) is 0.298. The second-order valence-electron chi connectivity index (χ2n) is 8.25. The van der Waals surface area contributed by atoms with E-state index >= 15 is 0 Å². The van der Waals surface area contributed by atoms with E-state index in [1.54, 1.807) is 18.2 Å². The van der Waals surface area contributed by atoms with Crippen molar-refractivity contribution in [2.75, 3.05) is 22.9 Å². The van der Waals surface area contributed by atoms with Crippen LogP contribution in [-0.2, 0) is 22.4 Å². The van der Waals surface area contributed by atoms with Crippen LogP contribution in [0.4, 0.5) is 17.5 Å². The van der Waals surface area contributed by atoms with Gasteiger partial charge in [0.15, 0.2) is 0 Å². The SMILES string of the molecule is Nc1nc2c(c(=O)[nH]1)CC(C1Cc3cc(C(=O)N[C@@H](CCC(=O)O)C(=O)O)ccc3N1)CN2. The number of carboxylic acid groups (broad SMARTS) is 2. The topological polar surface area (TPSA) is 200 Å². The van der Waals surface area contributed by atoms with Gasteiger partial charge in [0.2, 0.25) is 5.95 Å². The minimum absolute atomic E-state index is 0.0262. The number of nitrogens with one attached hydrogen (secondary N) is 4. The first-order chi connectivity index (χ1) is 15.7. The average molecular weight is 456 g/mol. The van der Waals surface area contributed by atoms with Crippen LogP contribution in [0.5, 0.6) is 0 Å². The third kappa shape index (κ3) is 4.73. The lowest BCUT2D eigenvalue weighted by atomic mass is 9.88. The van der Waals surface area contributed by atoms with Gasteiger partial charge in [-0.05, 0) is 43.0 Å². The van der Waals surface area contributed by atoms with Crippen LogP contribution >= 0.6 is 0 Å². The Morgan fingerprint density at radius 1 is 1.24 bits per heavy atom. The molecule has 0 bridgehead atoms. The van der Waals surface area contributed by atoms with Gasteiger partial charge in [0.25, 0.3) is 11.5 Å². The molecule has 1 aromatic carbocycles. The van der Waals surface area contributed by atoms with E-state index in [4.69, 9.17) is 10.8 Å². The molecule has 3 heterocycles. The summed E-state index contributed by atoms with van der Waals surface area (Å²) in [5.74, 6) is -2.34. The molecule has 0 fully saturated rings. The Labute approximate surface area is 187 Å². The molecule has 174 valence electrons. The first kappa shape index (κ1) is 22.1. The van der Waals surface area contributed by atoms with E-state index in [-0.39, 0.29) is 36.3 Å². The molecule has 3 atom stereocenters. The van der Waals surface area contributed by atoms with Crippen LogP contribution in [0, 0.1) is 5.92 Å². The highest BCUT2D eigenvalue weighted by molar-refractivity contribution is 5.97. The van der Waals surface area contributed by atoms with Crippen molar-refractivity contribution in [3.8, 4) is 0 Å². The number of fused-ring (bicyclic) bond motifs is 2. The van der Waals surface area contributed by atoms with Gasteiger partial charge >= 0.3 is 11.9 Å². The van der Waals surface area contributed by atoms with Gasteiger partial charge in [-0.3, -0.25) is 19.4 Å². The molecule has 0 spiro atoms. The van der Waals surface area contributed by atoms with Gasteiger partial charge < -0.3 is 31.9 Å². The number of amides is 1. The molecule has 2 aliphatic rings. The Morgan fingerprint density at radius 2 is 2.03 bits per heavy atom. The van der Waals surface area contributed by atoms with Crippen molar-refractivity contribution in [2.45, 2.75) is 37.8 Å². The van der Waals surface area contributed by atoms with Crippen molar-refractivity contribution in [2.24, 2.45) is 5.92 Å². The third-order valence-electron chi connectivity index (χ3n) is 6.00. The van der Waals surface area contributed by atoms with Crippen molar-refractivity contribution in [3.05, 3.63) is 45.2 Å². The summed E-state index contributed by atoms with van der Waals surface area (Å²) in [7, 11) is 0. The zero-order valence-electron chi connectivity index (χ0n) is 17.6. The predicted molar refractivity (Wildman–Crippen MR) is 118 cm³/mol. The van der Waals surface area contributed by atoms with Crippen LogP contribution in [0.1, 0.15) is 34.3 Å². The van der Waals surface area contributed by atoms with Crippen molar-refractivity contribution >= 4 is 35.3 Å². The zero-order valence-corrected chi connectivity index (χ0v) is 17.6. The number of anilines is 3. The summed E-state index contributed by atoms with van der Waals surface area (Å²) in [5.41, 5.74) is 7.96. The van der Waals surface area contributed by atoms with Crippen LogP contribution in [0.3, 0.4) is 0 Å². The Kier molecular flexibility index (Phi) is 5.90. The maximum absolute atomic E-state index is 12.6. The Hall–Kier alpha value is -4.09. The monoisotopic (exact) mass is 456 g/mol. The molecule has 33 heavy (non-hydrogen) atoms. The number of nitrogens with two attached hydrogens (primary N) is 1. The van der Waals surface area contributed by atoms with Gasteiger partial charge in [0.05, 0.1) is 5.56 Å². The normalized spacial score (nSPS) is 19.4. The number of aliphatic carboxylic acids is 2. The maximum atomic E-state index is 12.6. The van der Waals surface area contributed by atoms with E-state index < -0.39 is 23.9 Å². The molecule has 2 unspecified atom stereocenters. The van der Waals surface area contributed by atoms with E-state index in [1.807, 2.05) is 0 Å². The van der Waals surface area contributed by atoms with Gasteiger partial charge in [-0.1, -0.05) is 0 Å². The molecule has 0 saturated heterocycles. The number of nitrogen functional groups attached to an aromatic ring is 1. The lowest BCUT2D eigenvalue weighted by Gasteiger charge is -2.29. The lowest BCUT2D eigenvalue weighted by Crippen LogP contribution is -2.41. The summed E-state index contributed by atoms with van der Waals surface area (Å²) in [6.07, 6.45) is 0.574. The van der Waals surface area contributed by atoms with Crippen LogP contribution in [0.25, 0.3) is 0 Å². The Balaban J connectivity index is 1.43. The summed E-state index contributed by atoms with van der Waals surface area (Å²) in [6.45, 7) is 0.603. The molecule has 2 aromatic rings. The number of hydrogen-bond donors (Lipinski definition) is 7. The van der Waals surface area contributed by atoms with Gasteiger partial charge in [-0.25, -0.2) is 4.79 Å². The molecule has 8 N–H and O–H groups in total. The highest BCUT2D eigenvalue weighted by atomic mass is 16.4. The fourth-order valence-corrected chi connectivity index (χ4v) is 4.28. The molecule has 0 aliphatic carbocycles. The summed E-state index contributed by atoms with van der Waals surface area (Å²) in [6, 6.07) is 3.79. The molecule has 0 radical (unpaired) electrons. The maximum Gasteiger partial charge on any atom is 0.326 e. The summed E-state index contributed by atoms with van der Waals surface area (Å²) in [5, 5.41) is 27.0. The van der Waals surface area contributed by atoms with Crippen molar-refractivity contribution in [1.82, 2.24) is 15.3 Å². The van der Waals surface area contributed by atoms with E-state index in [9.17, 15) is 24.3 Å². The number of carboxylic acids is 2. The van der Waals surface area contributed by atoms with Gasteiger partial charge in [-0.2, -0.15) is 4.98 Å². The molecule has 1 amide bonds. The second kappa shape index (κ2) is 8.81. The summed E-state index contributed by atoms with van der Waals surface area (Å²) in [4.78, 5) is 53.6. The number of aromatic nitrogens is 2.